The van der Waals surface area contributed by atoms with Gasteiger partial charge >= 0.3 is 0 Å². The van der Waals surface area contributed by atoms with E-state index >= 15 is 0 Å². The van der Waals surface area contributed by atoms with Gasteiger partial charge in [0.15, 0.2) is 0 Å². The molecule has 1 saturated heterocycles. The molecule has 1 aliphatic heterocycles. The summed E-state index contributed by atoms with van der Waals surface area (Å²) in [6, 6.07) is 0.602. The molecule has 5 heteroatoms. The second kappa shape index (κ2) is 6.14. The molecule has 1 atom stereocenters. The van der Waals surface area contributed by atoms with Gasteiger partial charge in [-0.25, -0.2) is 4.98 Å². The summed E-state index contributed by atoms with van der Waals surface area (Å²) in [5.74, 6) is 1.02. The summed E-state index contributed by atoms with van der Waals surface area (Å²) in [5, 5.41) is 3.61. The van der Waals surface area contributed by atoms with Crippen molar-refractivity contribution < 1.29 is 4.74 Å². The molecule has 1 saturated carbocycles. The third-order valence-electron chi connectivity index (χ3n) is 4.33. The van der Waals surface area contributed by atoms with Gasteiger partial charge in [0.2, 0.25) is 5.95 Å². The van der Waals surface area contributed by atoms with Gasteiger partial charge < -0.3 is 19.5 Å². The van der Waals surface area contributed by atoms with E-state index < -0.39 is 0 Å². The molecule has 0 amide bonds. The van der Waals surface area contributed by atoms with Crippen molar-refractivity contribution in [3.05, 3.63) is 11.9 Å². The second-order valence-electron chi connectivity index (χ2n) is 6.24. The number of hydrogen-bond acceptors (Lipinski definition) is 4. The monoisotopic (exact) mass is 278 g/mol. The number of aromatic nitrogens is 2. The van der Waals surface area contributed by atoms with E-state index in [1.165, 1.54) is 25.7 Å². The fraction of sp³-hybridized carbons (Fsp3) is 0.800. The number of hydrogen-bond donors (Lipinski definition) is 1. The van der Waals surface area contributed by atoms with Gasteiger partial charge in [-0.05, 0) is 26.8 Å². The summed E-state index contributed by atoms with van der Waals surface area (Å²) in [6.45, 7) is 5.82. The predicted molar refractivity (Wildman–Crippen MR) is 80.1 cm³/mol. The van der Waals surface area contributed by atoms with Crippen LogP contribution in [0.3, 0.4) is 0 Å². The van der Waals surface area contributed by atoms with Crippen LogP contribution in [0.4, 0.5) is 5.95 Å². The van der Waals surface area contributed by atoms with Gasteiger partial charge in [-0.3, -0.25) is 0 Å². The molecule has 1 unspecified atom stereocenters. The molecular weight excluding hydrogens is 252 g/mol. The van der Waals surface area contributed by atoms with Crippen LogP contribution in [-0.4, -0.2) is 53.3 Å². The highest BCUT2D eigenvalue weighted by Crippen LogP contribution is 2.22. The predicted octanol–water partition coefficient (Wildman–Crippen LogP) is 1.88. The molecule has 0 bridgehead atoms. The molecule has 1 aliphatic carbocycles. The quantitative estimate of drug-likeness (QED) is 0.913. The lowest BCUT2D eigenvalue weighted by Gasteiger charge is -2.30. The van der Waals surface area contributed by atoms with Crippen LogP contribution in [0.25, 0.3) is 0 Å². The van der Waals surface area contributed by atoms with Crippen LogP contribution in [-0.2, 0) is 11.3 Å². The van der Waals surface area contributed by atoms with Gasteiger partial charge in [0, 0.05) is 25.3 Å². The molecule has 2 aliphatic rings. The number of anilines is 1. The van der Waals surface area contributed by atoms with Crippen LogP contribution < -0.4 is 5.32 Å². The Labute approximate surface area is 121 Å². The minimum atomic E-state index is 0.270. The number of ether oxygens (including phenoxy) is 1. The third-order valence-corrected chi connectivity index (χ3v) is 4.33. The van der Waals surface area contributed by atoms with E-state index in [2.05, 4.69) is 39.9 Å². The standard InChI is InChI=1S/C15H26N4O/c1-12-9-19(11-14-10-18(2)7-8-20-14)15(16-12)17-13-5-3-4-6-13/h9,13-14H,3-8,10-11H2,1-2H3,(H,16,17). The summed E-state index contributed by atoms with van der Waals surface area (Å²) in [4.78, 5) is 6.98. The molecule has 1 aromatic rings. The highest BCUT2D eigenvalue weighted by atomic mass is 16.5. The molecule has 0 radical (unpaired) electrons. The van der Waals surface area contributed by atoms with Gasteiger partial charge in [0.25, 0.3) is 0 Å². The fourth-order valence-corrected chi connectivity index (χ4v) is 3.25. The first-order valence-electron chi connectivity index (χ1n) is 7.81. The van der Waals surface area contributed by atoms with Crippen molar-refractivity contribution >= 4 is 5.95 Å². The van der Waals surface area contributed by atoms with Crippen LogP contribution >= 0.6 is 0 Å². The van der Waals surface area contributed by atoms with Gasteiger partial charge in [0.05, 0.1) is 24.9 Å². The second-order valence-corrected chi connectivity index (χ2v) is 6.24. The molecule has 1 N–H and O–H groups in total. The summed E-state index contributed by atoms with van der Waals surface area (Å²) >= 11 is 0. The Kier molecular flexibility index (Phi) is 4.27. The van der Waals surface area contributed by atoms with Crippen molar-refractivity contribution in [2.24, 2.45) is 0 Å². The minimum Gasteiger partial charge on any atom is -0.374 e. The first-order chi connectivity index (χ1) is 9.70. The van der Waals surface area contributed by atoms with Crippen LogP contribution in [0, 0.1) is 6.92 Å². The van der Waals surface area contributed by atoms with E-state index in [9.17, 15) is 0 Å². The fourth-order valence-electron chi connectivity index (χ4n) is 3.25. The highest BCUT2D eigenvalue weighted by molar-refractivity contribution is 5.30. The Morgan fingerprint density at radius 1 is 1.40 bits per heavy atom. The van der Waals surface area contributed by atoms with E-state index in [-0.39, 0.29) is 6.10 Å². The summed E-state index contributed by atoms with van der Waals surface area (Å²) in [5.41, 5.74) is 1.08. The largest absolute Gasteiger partial charge is 0.374 e. The van der Waals surface area contributed by atoms with Crippen molar-refractivity contribution in [3.63, 3.8) is 0 Å². The number of aryl methyl sites for hydroxylation is 1. The zero-order valence-corrected chi connectivity index (χ0v) is 12.6. The molecule has 0 spiro atoms. The van der Waals surface area contributed by atoms with Crippen molar-refractivity contribution in [1.82, 2.24) is 14.5 Å². The van der Waals surface area contributed by atoms with Gasteiger partial charge in [-0.1, -0.05) is 12.8 Å². The van der Waals surface area contributed by atoms with Crippen LogP contribution in [0.5, 0.6) is 0 Å². The molecular formula is C15H26N4O. The molecule has 112 valence electrons. The van der Waals surface area contributed by atoms with Crippen LogP contribution in [0.15, 0.2) is 6.20 Å². The number of nitrogens with one attached hydrogen (secondary N) is 1. The number of morpholine rings is 1. The topological polar surface area (TPSA) is 42.3 Å². The Morgan fingerprint density at radius 3 is 2.95 bits per heavy atom. The lowest BCUT2D eigenvalue weighted by Crippen LogP contribution is -2.42. The summed E-state index contributed by atoms with van der Waals surface area (Å²) in [7, 11) is 2.16. The van der Waals surface area contributed by atoms with E-state index in [0.717, 1.165) is 37.9 Å². The summed E-state index contributed by atoms with van der Waals surface area (Å²) in [6.07, 6.45) is 7.63. The van der Waals surface area contributed by atoms with Crippen LogP contribution in [0.2, 0.25) is 0 Å². The molecule has 2 heterocycles. The molecule has 2 fully saturated rings. The zero-order chi connectivity index (χ0) is 13.9. The Morgan fingerprint density at radius 2 is 2.20 bits per heavy atom. The molecule has 0 aromatic carbocycles. The van der Waals surface area contributed by atoms with Crippen LogP contribution in [0.1, 0.15) is 31.4 Å². The van der Waals surface area contributed by atoms with E-state index in [1.54, 1.807) is 0 Å². The maximum atomic E-state index is 5.87. The van der Waals surface area contributed by atoms with Crippen molar-refractivity contribution in [2.75, 3.05) is 32.1 Å². The average Bonchev–Trinajstić information content (AvgIpc) is 3.01. The highest BCUT2D eigenvalue weighted by Gasteiger charge is 2.21. The average molecular weight is 278 g/mol. The van der Waals surface area contributed by atoms with Crippen molar-refractivity contribution in [1.29, 1.82) is 0 Å². The molecule has 5 nitrogen and oxygen atoms in total. The Hall–Kier alpha value is -1.07. The number of imidazole rings is 1. The minimum absolute atomic E-state index is 0.270. The molecule has 20 heavy (non-hydrogen) atoms. The number of likely N-dealkylation sites (N-methyl/N-ethyl adjacent to an activating group) is 1. The van der Waals surface area contributed by atoms with E-state index in [0.29, 0.717) is 6.04 Å². The lowest BCUT2D eigenvalue weighted by molar-refractivity contribution is -0.0272. The number of rotatable bonds is 4. The summed E-state index contributed by atoms with van der Waals surface area (Å²) < 4.78 is 8.10. The maximum Gasteiger partial charge on any atom is 0.203 e. The normalized spacial score (nSPS) is 25.2. The van der Waals surface area contributed by atoms with Gasteiger partial charge in [-0.2, -0.15) is 0 Å². The zero-order valence-electron chi connectivity index (χ0n) is 12.6. The van der Waals surface area contributed by atoms with Gasteiger partial charge in [0.1, 0.15) is 0 Å². The molecule has 3 rings (SSSR count). The van der Waals surface area contributed by atoms with E-state index in [4.69, 9.17) is 4.74 Å². The third kappa shape index (κ3) is 3.33. The van der Waals surface area contributed by atoms with Crippen molar-refractivity contribution in [3.8, 4) is 0 Å². The maximum absolute atomic E-state index is 5.87. The van der Waals surface area contributed by atoms with Gasteiger partial charge in [-0.15, -0.1) is 0 Å². The van der Waals surface area contributed by atoms with E-state index in [1.807, 2.05) is 0 Å². The smallest absolute Gasteiger partial charge is 0.203 e. The first kappa shape index (κ1) is 13.9. The first-order valence-corrected chi connectivity index (χ1v) is 7.81. The SMILES string of the molecule is Cc1cn(CC2CN(C)CCO2)c(NC2CCCC2)n1. The lowest BCUT2D eigenvalue weighted by atomic mass is 10.2. The molecule has 1 aromatic heterocycles. The van der Waals surface area contributed by atoms with Crippen molar-refractivity contribution in [2.45, 2.75) is 51.3 Å². The Balaban J connectivity index is 1.65. The Bertz CT molecular complexity index is 439. The number of nitrogens with zero attached hydrogens (tertiary/aromatic N) is 3.